The van der Waals surface area contributed by atoms with Gasteiger partial charge < -0.3 is 10.8 Å². The second kappa shape index (κ2) is 6.17. The van der Waals surface area contributed by atoms with E-state index in [2.05, 4.69) is 6.07 Å². The maximum Gasteiger partial charge on any atom is 0.310 e. The average molecular weight is 358 g/mol. The Morgan fingerprint density at radius 2 is 2.15 bits per heavy atom. The van der Waals surface area contributed by atoms with Crippen molar-refractivity contribution in [1.82, 2.24) is 0 Å². The molecular weight excluding hydrogens is 335 g/mol. The van der Waals surface area contributed by atoms with Gasteiger partial charge in [0, 0.05) is 5.92 Å². The lowest BCUT2D eigenvalue weighted by Crippen LogP contribution is -2.45. The van der Waals surface area contributed by atoms with Crippen LogP contribution in [0.4, 0.5) is 4.39 Å². The van der Waals surface area contributed by atoms with Gasteiger partial charge in [0.25, 0.3) is 0 Å². The number of hydrogen-bond donors (Lipinski definition) is 2. The quantitative estimate of drug-likeness (QED) is 0.813. The number of benzene rings is 1. The first-order valence-electron chi connectivity index (χ1n) is 8.93. The number of aliphatic carboxylic acids is 1. The van der Waals surface area contributed by atoms with Crippen molar-refractivity contribution in [2.45, 2.75) is 33.1 Å². The van der Waals surface area contributed by atoms with Crippen LogP contribution in [0.1, 0.15) is 30.9 Å². The molecule has 3 rings (SSSR count). The van der Waals surface area contributed by atoms with E-state index in [0.717, 1.165) is 5.56 Å². The first-order chi connectivity index (χ1) is 12.3. The molecule has 5 nitrogen and oxygen atoms in total. The Morgan fingerprint density at radius 3 is 2.69 bits per heavy atom. The number of carbonyl (C=O) groups is 2. The van der Waals surface area contributed by atoms with Gasteiger partial charge in [-0.25, -0.2) is 4.39 Å². The number of carbonyl (C=O) groups excluding carboxylic acids is 1. The summed E-state index contributed by atoms with van der Waals surface area (Å²) in [6.07, 6.45) is 1.22. The van der Waals surface area contributed by atoms with Crippen LogP contribution in [0.2, 0.25) is 0 Å². The first-order valence-corrected chi connectivity index (χ1v) is 8.93. The maximum absolute atomic E-state index is 13.9. The molecule has 5 atom stereocenters. The minimum atomic E-state index is -1.41. The zero-order valence-corrected chi connectivity index (χ0v) is 15.0. The van der Waals surface area contributed by atoms with Crippen LogP contribution < -0.4 is 5.73 Å². The molecule has 1 aromatic carbocycles. The van der Waals surface area contributed by atoms with E-state index in [4.69, 9.17) is 5.73 Å². The standard InChI is InChI=1S/C20H23FN2O3/c1-3-19(18(25)26)14-8-13(7-12-5-4-6-15(21)11(12)2)20(10-23,17(14)19)16(24)9-22/h4-6,13-14,17H,3,7-9,22H2,1-2H3,(H,25,26). The van der Waals surface area contributed by atoms with Gasteiger partial charge in [-0.15, -0.1) is 0 Å². The second-order valence-corrected chi connectivity index (χ2v) is 7.55. The van der Waals surface area contributed by atoms with Crippen LogP contribution >= 0.6 is 0 Å². The number of nitriles is 1. The topological polar surface area (TPSA) is 104 Å². The number of carboxylic acids is 1. The number of rotatable bonds is 6. The van der Waals surface area contributed by atoms with E-state index in [9.17, 15) is 24.3 Å². The molecule has 1 aromatic rings. The first kappa shape index (κ1) is 18.5. The molecular formula is C20H23FN2O3. The number of Topliss-reactive ketones (excluding diaryl/α,β-unsaturated/α-hetero) is 1. The SMILES string of the molecule is CCC1(C(=O)O)C2CC(Cc3cccc(F)c3C)C(C#N)(C(=O)CN)C21. The van der Waals surface area contributed by atoms with Crippen molar-refractivity contribution in [3.63, 3.8) is 0 Å². The molecule has 2 aliphatic carbocycles. The molecule has 0 amide bonds. The van der Waals surface area contributed by atoms with E-state index in [1.54, 1.807) is 26.0 Å². The van der Waals surface area contributed by atoms with Crippen LogP contribution in [0.25, 0.3) is 0 Å². The van der Waals surface area contributed by atoms with Gasteiger partial charge in [0.1, 0.15) is 11.2 Å². The Bertz CT molecular complexity index is 818. The van der Waals surface area contributed by atoms with E-state index in [1.165, 1.54) is 6.07 Å². The van der Waals surface area contributed by atoms with Gasteiger partial charge in [0.05, 0.1) is 18.0 Å². The van der Waals surface area contributed by atoms with Crippen LogP contribution in [0, 0.1) is 52.7 Å². The zero-order chi connectivity index (χ0) is 19.3. The van der Waals surface area contributed by atoms with Crippen LogP contribution in [0.3, 0.4) is 0 Å². The predicted octanol–water partition coefficient (Wildman–Crippen LogP) is 2.46. The third-order valence-electron chi connectivity index (χ3n) is 6.84. The predicted molar refractivity (Wildman–Crippen MR) is 92.4 cm³/mol. The van der Waals surface area contributed by atoms with Crippen molar-refractivity contribution in [2.75, 3.05) is 6.54 Å². The Balaban J connectivity index is 2.03. The van der Waals surface area contributed by atoms with Gasteiger partial charge in [-0.3, -0.25) is 9.59 Å². The largest absolute Gasteiger partial charge is 0.481 e. The fourth-order valence-corrected chi connectivity index (χ4v) is 5.44. The summed E-state index contributed by atoms with van der Waals surface area (Å²) in [5.74, 6) is -2.75. The minimum Gasteiger partial charge on any atom is -0.481 e. The van der Waals surface area contributed by atoms with E-state index in [1.807, 2.05) is 0 Å². The number of ketones is 1. The number of hydrogen-bond acceptors (Lipinski definition) is 4. The summed E-state index contributed by atoms with van der Waals surface area (Å²) in [7, 11) is 0. The van der Waals surface area contributed by atoms with E-state index in [0.29, 0.717) is 24.8 Å². The highest BCUT2D eigenvalue weighted by Gasteiger charge is 2.82. The van der Waals surface area contributed by atoms with Crippen molar-refractivity contribution < 1.29 is 19.1 Å². The molecule has 2 saturated carbocycles. The number of nitrogens with zero attached hydrogens (tertiary/aromatic N) is 1. The van der Waals surface area contributed by atoms with Crippen LogP contribution in [-0.4, -0.2) is 23.4 Å². The molecule has 138 valence electrons. The molecule has 0 bridgehead atoms. The van der Waals surface area contributed by atoms with Crippen LogP contribution in [-0.2, 0) is 16.0 Å². The Labute approximate surface area is 152 Å². The monoisotopic (exact) mass is 358 g/mol. The van der Waals surface area contributed by atoms with Gasteiger partial charge in [0.15, 0.2) is 5.78 Å². The van der Waals surface area contributed by atoms with Gasteiger partial charge in [0.2, 0.25) is 0 Å². The van der Waals surface area contributed by atoms with Gasteiger partial charge in [-0.1, -0.05) is 19.1 Å². The third-order valence-corrected chi connectivity index (χ3v) is 6.84. The molecule has 5 unspecified atom stereocenters. The average Bonchev–Trinajstić information content (AvgIpc) is 3.16. The molecule has 0 spiro atoms. The number of fused-ring (bicyclic) bond motifs is 1. The van der Waals surface area contributed by atoms with Crippen molar-refractivity contribution in [1.29, 1.82) is 5.26 Å². The molecule has 0 heterocycles. The molecule has 0 radical (unpaired) electrons. The van der Waals surface area contributed by atoms with Crippen molar-refractivity contribution in [3.05, 3.63) is 35.1 Å². The molecule has 2 fully saturated rings. The fraction of sp³-hybridized carbons (Fsp3) is 0.550. The molecule has 0 aliphatic heterocycles. The van der Waals surface area contributed by atoms with E-state index < -0.39 is 28.5 Å². The molecule has 26 heavy (non-hydrogen) atoms. The van der Waals surface area contributed by atoms with Crippen LogP contribution in [0.15, 0.2) is 18.2 Å². The smallest absolute Gasteiger partial charge is 0.310 e. The molecule has 0 aromatic heterocycles. The highest BCUT2D eigenvalue weighted by atomic mass is 19.1. The molecule has 6 heteroatoms. The third kappa shape index (κ3) is 2.16. The lowest BCUT2D eigenvalue weighted by molar-refractivity contribution is -0.146. The normalized spacial score (nSPS) is 34.8. The van der Waals surface area contributed by atoms with Gasteiger partial charge in [-0.2, -0.15) is 5.26 Å². The van der Waals surface area contributed by atoms with Gasteiger partial charge in [-0.05, 0) is 55.2 Å². The van der Waals surface area contributed by atoms with Gasteiger partial charge >= 0.3 is 5.97 Å². The molecule has 0 saturated heterocycles. The maximum atomic E-state index is 13.9. The second-order valence-electron chi connectivity index (χ2n) is 7.55. The summed E-state index contributed by atoms with van der Waals surface area (Å²) < 4.78 is 13.9. The van der Waals surface area contributed by atoms with Crippen molar-refractivity contribution >= 4 is 11.8 Å². The summed E-state index contributed by atoms with van der Waals surface area (Å²) in [6.45, 7) is 3.16. The van der Waals surface area contributed by atoms with Crippen molar-refractivity contribution in [3.8, 4) is 6.07 Å². The Morgan fingerprint density at radius 1 is 1.46 bits per heavy atom. The summed E-state index contributed by atoms with van der Waals surface area (Å²) >= 11 is 0. The number of carboxylic acid groups (broad SMARTS) is 1. The number of nitrogens with two attached hydrogens (primary N) is 1. The number of halogens is 1. The van der Waals surface area contributed by atoms with E-state index >= 15 is 0 Å². The lowest BCUT2D eigenvalue weighted by atomic mass is 9.65. The highest BCUT2D eigenvalue weighted by Crippen LogP contribution is 2.77. The molecule has 3 N–H and O–H groups in total. The minimum absolute atomic E-state index is 0.209. The Hall–Kier alpha value is -2.26. The van der Waals surface area contributed by atoms with Crippen molar-refractivity contribution in [2.24, 2.45) is 34.3 Å². The fourth-order valence-electron chi connectivity index (χ4n) is 5.44. The molecule has 2 aliphatic rings. The van der Waals surface area contributed by atoms with Crippen LogP contribution in [0.5, 0.6) is 0 Å². The van der Waals surface area contributed by atoms with E-state index in [-0.39, 0.29) is 24.2 Å². The summed E-state index contributed by atoms with van der Waals surface area (Å²) in [6, 6.07) is 6.96. The summed E-state index contributed by atoms with van der Waals surface area (Å²) in [4.78, 5) is 24.7. The summed E-state index contributed by atoms with van der Waals surface area (Å²) in [5, 5.41) is 19.8. The zero-order valence-electron chi connectivity index (χ0n) is 15.0. The Kier molecular flexibility index (Phi) is 4.40. The lowest BCUT2D eigenvalue weighted by Gasteiger charge is -2.34. The summed E-state index contributed by atoms with van der Waals surface area (Å²) in [5.41, 5.74) is 4.42. The highest BCUT2D eigenvalue weighted by molar-refractivity contribution is 5.94.